The maximum atomic E-state index is 12.1. The monoisotopic (exact) mass is 292 g/mol. The Kier molecular flexibility index (Phi) is 2.89. The van der Waals surface area contributed by atoms with Crippen LogP contribution in [0.15, 0.2) is 54.1 Å². The first-order chi connectivity index (χ1) is 10.7. The molecule has 1 atom stereocenters. The van der Waals surface area contributed by atoms with E-state index < -0.39 is 0 Å². The van der Waals surface area contributed by atoms with E-state index in [-0.39, 0.29) is 17.8 Å². The highest BCUT2D eigenvalue weighted by molar-refractivity contribution is 5.91. The third kappa shape index (κ3) is 2.04. The SMILES string of the molecule is O=C1NC2=C(CCc3ccccc32)C(c2cccc(O)c2)N1. The van der Waals surface area contributed by atoms with Crippen LogP contribution in [0.2, 0.25) is 0 Å². The number of carbonyl (C=O) groups is 1. The first-order valence-corrected chi connectivity index (χ1v) is 7.40. The van der Waals surface area contributed by atoms with Gasteiger partial charge >= 0.3 is 6.03 Å². The molecule has 1 heterocycles. The third-order valence-electron chi connectivity index (χ3n) is 4.34. The van der Waals surface area contributed by atoms with Gasteiger partial charge in [0.1, 0.15) is 5.75 Å². The molecule has 2 aromatic carbocycles. The summed E-state index contributed by atoms with van der Waals surface area (Å²) >= 11 is 0. The van der Waals surface area contributed by atoms with Gasteiger partial charge in [0, 0.05) is 5.56 Å². The lowest BCUT2D eigenvalue weighted by atomic mass is 9.83. The zero-order valence-corrected chi connectivity index (χ0v) is 12.0. The van der Waals surface area contributed by atoms with Crippen LogP contribution in [0, 0.1) is 0 Å². The minimum Gasteiger partial charge on any atom is -0.508 e. The molecule has 4 heteroatoms. The maximum absolute atomic E-state index is 12.1. The highest BCUT2D eigenvalue weighted by Gasteiger charge is 2.31. The Hall–Kier alpha value is -2.75. The number of hydrogen-bond acceptors (Lipinski definition) is 2. The molecule has 22 heavy (non-hydrogen) atoms. The highest BCUT2D eigenvalue weighted by atomic mass is 16.3. The number of benzene rings is 2. The Bertz CT molecular complexity index is 795. The van der Waals surface area contributed by atoms with Crippen molar-refractivity contribution in [3.63, 3.8) is 0 Å². The smallest absolute Gasteiger partial charge is 0.319 e. The lowest BCUT2D eigenvalue weighted by Gasteiger charge is -2.34. The topological polar surface area (TPSA) is 61.4 Å². The van der Waals surface area contributed by atoms with Crippen LogP contribution in [0.25, 0.3) is 5.70 Å². The largest absolute Gasteiger partial charge is 0.508 e. The van der Waals surface area contributed by atoms with Crippen molar-refractivity contribution < 1.29 is 9.90 Å². The molecule has 4 rings (SSSR count). The van der Waals surface area contributed by atoms with E-state index in [4.69, 9.17) is 0 Å². The standard InChI is InChI=1S/C18H16N2O2/c21-13-6-3-5-12(10-13)16-15-9-8-11-4-1-2-7-14(11)17(15)20-18(22)19-16/h1-7,10,16,21H,8-9H2,(H2,19,20,22). The first-order valence-electron chi connectivity index (χ1n) is 7.40. The average Bonchev–Trinajstić information content (AvgIpc) is 2.54. The lowest BCUT2D eigenvalue weighted by molar-refractivity contribution is 0.240. The van der Waals surface area contributed by atoms with Crippen LogP contribution in [-0.4, -0.2) is 11.1 Å². The van der Waals surface area contributed by atoms with Crippen molar-refractivity contribution in [1.82, 2.24) is 10.6 Å². The van der Waals surface area contributed by atoms with E-state index in [1.165, 1.54) is 11.1 Å². The Morgan fingerprint density at radius 3 is 2.77 bits per heavy atom. The van der Waals surface area contributed by atoms with Crippen molar-refractivity contribution in [1.29, 1.82) is 0 Å². The number of aromatic hydroxyl groups is 1. The minimum atomic E-state index is -0.205. The predicted octanol–water partition coefficient (Wildman–Crippen LogP) is 3.10. The second-order valence-corrected chi connectivity index (χ2v) is 5.68. The van der Waals surface area contributed by atoms with Gasteiger partial charge in [0.2, 0.25) is 0 Å². The fraction of sp³-hybridized carbons (Fsp3) is 0.167. The number of carbonyl (C=O) groups excluding carboxylic acids is 1. The second kappa shape index (κ2) is 4.91. The maximum Gasteiger partial charge on any atom is 0.319 e. The molecule has 1 aliphatic carbocycles. The molecule has 0 radical (unpaired) electrons. The normalized spacial score (nSPS) is 19.8. The molecule has 1 unspecified atom stereocenters. The van der Waals surface area contributed by atoms with Crippen LogP contribution < -0.4 is 10.6 Å². The van der Waals surface area contributed by atoms with Gasteiger partial charge < -0.3 is 15.7 Å². The van der Waals surface area contributed by atoms with Crippen molar-refractivity contribution in [2.45, 2.75) is 18.9 Å². The van der Waals surface area contributed by atoms with E-state index in [9.17, 15) is 9.90 Å². The minimum absolute atomic E-state index is 0.191. The molecule has 0 bridgehead atoms. The Morgan fingerprint density at radius 2 is 1.91 bits per heavy atom. The van der Waals surface area contributed by atoms with Crippen molar-refractivity contribution in [3.8, 4) is 5.75 Å². The summed E-state index contributed by atoms with van der Waals surface area (Å²) in [5.74, 6) is 0.212. The molecule has 0 saturated heterocycles. The molecule has 3 N–H and O–H groups in total. The summed E-state index contributed by atoms with van der Waals surface area (Å²) in [5.41, 5.74) is 5.35. The Morgan fingerprint density at radius 1 is 1.05 bits per heavy atom. The molecule has 0 saturated carbocycles. The summed E-state index contributed by atoms with van der Waals surface area (Å²) in [6.07, 6.45) is 1.85. The molecule has 2 aliphatic rings. The fourth-order valence-electron chi connectivity index (χ4n) is 3.34. The quantitative estimate of drug-likeness (QED) is 0.756. The van der Waals surface area contributed by atoms with Gasteiger partial charge in [-0.1, -0.05) is 36.4 Å². The van der Waals surface area contributed by atoms with Gasteiger partial charge in [-0.2, -0.15) is 0 Å². The lowest BCUT2D eigenvalue weighted by Crippen LogP contribution is -2.44. The summed E-state index contributed by atoms with van der Waals surface area (Å²) in [7, 11) is 0. The number of amides is 2. The molecule has 0 spiro atoms. The molecule has 110 valence electrons. The van der Waals surface area contributed by atoms with Crippen LogP contribution >= 0.6 is 0 Å². The number of hydrogen-bond donors (Lipinski definition) is 3. The molecular weight excluding hydrogens is 276 g/mol. The van der Waals surface area contributed by atoms with Gasteiger partial charge in [0.25, 0.3) is 0 Å². The molecular formula is C18H16N2O2. The van der Waals surface area contributed by atoms with Crippen LogP contribution in [0.5, 0.6) is 5.75 Å². The van der Waals surface area contributed by atoms with Gasteiger partial charge in [0.05, 0.1) is 11.7 Å². The fourth-order valence-corrected chi connectivity index (χ4v) is 3.34. The summed E-state index contributed by atoms with van der Waals surface area (Å²) in [6.45, 7) is 0. The van der Waals surface area contributed by atoms with Crippen LogP contribution in [0.1, 0.15) is 29.2 Å². The second-order valence-electron chi connectivity index (χ2n) is 5.68. The molecule has 2 aromatic rings. The van der Waals surface area contributed by atoms with E-state index in [2.05, 4.69) is 22.8 Å². The Labute approximate surface area is 128 Å². The summed E-state index contributed by atoms with van der Waals surface area (Å²) in [4.78, 5) is 12.1. The zero-order chi connectivity index (χ0) is 15.1. The number of nitrogens with one attached hydrogen (secondary N) is 2. The van der Waals surface area contributed by atoms with E-state index in [0.717, 1.165) is 29.7 Å². The van der Waals surface area contributed by atoms with Crippen LogP contribution in [0.3, 0.4) is 0 Å². The molecule has 0 aromatic heterocycles. The predicted molar refractivity (Wildman–Crippen MR) is 84.2 cm³/mol. The number of aryl methyl sites for hydroxylation is 1. The molecule has 0 fully saturated rings. The highest BCUT2D eigenvalue weighted by Crippen LogP contribution is 2.39. The number of phenols is 1. The molecule has 1 aliphatic heterocycles. The Balaban J connectivity index is 1.86. The van der Waals surface area contributed by atoms with E-state index in [1.54, 1.807) is 18.2 Å². The number of phenolic OH excluding ortho intramolecular Hbond substituents is 1. The van der Waals surface area contributed by atoms with Crippen molar-refractivity contribution in [3.05, 3.63) is 70.8 Å². The van der Waals surface area contributed by atoms with E-state index >= 15 is 0 Å². The number of fused-ring (bicyclic) bond motifs is 2. The molecule has 2 amide bonds. The van der Waals surface area contributed by atoms with Crippen LogP contribution in [-0.2, 0) is 6.42 Å². The summed E-state index contributed by atoms with van der Waals surface area (Å²) in [5, 5.41) is 15.6. The third-order valence-corrected chi connectivity index (χ3v) is 4.34. The van der Waals surface area contributed by atoms with Crippen molar-refractivity contribution >= 4 is 11.7 Å². The van der Waals surface area contributed by atoms with Gasteiger partial charge in [-0.3, -0.25) is 0 Å². The number of rotatable bonds is 1. The molecule has 4 nitrogen and oxygen atoms in total. The van der Waals surface area contributed by atoms with E-state index in [1.807, 2.05) is 18.2 Å². The summed E-state index contributed by atoms with van der Waals surface area (Å²) in [6, 6.07) is 14.9. The van der Waals surface area contributed by atoms with Gasteiger partial charge in [-0.25, -0.2) is 4.79 Å². The van der Waals surface area contributed by atoms with Crippen molar-refractivity contribution in [2.24, 2.45) is 0 Å². The van der Waals surface area contributed by atoms with E-state index in [0.29, 0.717) is 0 Å². The van der Waals surface area contributed by atoms with Gasteiger partial charge in [0.15, 0.2) is 0 Å². The summed E-state index contributed by atoms with van der Waals surface area (Å²) < 4.78 is 0. The van der Waals surface area contributed by atoms with Gasteiger partial charge in [-0.05, 0) is 41.7 Å². The van der Waals surface area contributed by atoms with Gasteiger partial charge in [-0.15, -0.1) is 0 Å². The van der Waals surface area contributed by atoms with Crippen LogP contribution in [0.4, 0.5) is 4.79 Å². The van der Waals surface area contributed by atoms with Crippen molar-refractivity contribution in [2.75, 3.05) is 0 Å². The zero-order valence-electron chi connectivity index (χ0n) is 12.0. The average molecular weight is 292 g/mol. The first kappa shape index (κ1) is 13.0. The number of urea groups is 1.